The molecule has 0 amide bonds. The third-order valence-corrected chi connectivity index (χ3v) is 10.7. The molecule has 0 bridgehead atoms. The molecule has 2 aliphatic rings. The fraction of sp³-hybridized carbons (Fsp3) is 0.286. The van der Waals surface area contributed by atoms with E-state index in [2.05, 4.69) is 112 Å². The quantitative estimate of drug-likeness (QED) is 0.414. The average Bonchev–Trinajstić information content (AvgIpc) is 2.79. The van der Waals surface area contributed by atoms with Crippen LogP contribution in [0.1, 0.15) is 16.7 Å². The van der Waals surface area contributed by atoms with E-state index in [0.717, 1.165) is 10.7 Å². The largest absolute Gasteiger partial charge is 0.542 e. The molecule has 0 fully saturated rings. The highest BCUT2D eigenvalue weighted by molar-refractivity contribution is 6.98. The van der Waals surface area contributed by atoms with E-state index < -0.39 is 20.2 Å². The van der Waals surface area contributed by atoms with Crippen LogP contribution in [-0.4, -0.2) is 58.7 Å². The highest BCUT2D eigenvalue weighted by Crippen LogP contribution is 2.44. The van der Waals surface area contributed by atoms with E-state index in [-0.39, 0.29) is 0 Å². The highest BCUT2D eigenvalue weighted by atomic mass is 35.5. The number of anilines is 1. The summed E-state index contributed by atoms with van der Waals surface area (Å²) in [5.41, 5.74) is 8.86. The summed E-state index contributed by atoms with van der Waals surface area (Å²) < 4.78 is 33.7. The molecular weight excluding hydrogens is 517 g/mol. The van der Waals surface area contributed by atoms with Gasteiger partial charge in [-0.3, -0.25) is 0 Å². The maximum Gasteiger partial charge on any atom is 0.430 e. The topological polar surface area (TPSA) is 46.4 Å². The first-order valence-electron chi connectivity index (χ1n) is 11.6. The van der Waals surface area contributed by atoms with Crippen LogP contribution in [0.15, 0.2) is 70.4 Å². The van der Waals surface area contributed by atoms with Gasteiger partial charge in [0.05, 0.1) is 0 Å². The number of aryl methyl sites for hydroxylation is 1. The fourth-order valence-electron chi connectivity index (χ4n) is 4.70. The van der Waals surface area contributed by atoms with Crippen molar-refractivity contribution in [1.82, 2.24) is 0 Å². The molecule has 0 saturated heterocycles. The van der Waals surface area contributed by atoms with E-state index in [4.69, 9.17) is 21.5 Å². The zero-order chi connectivity index (χ0) is 27.9. The van der Waals surface area contributed by atoms with Crippen LogP contribution < -0.4 is 15.2 Å². The van der Waals surface area contributed by atoms with Crippen LogP contribution >= 0.6 is 11.6 Å². The van der Waals surface area contributed by atoms with Crippen molar-refractivity contribution in [3.05, 3.63) is 87.1 Å². The summed E-state index contributed by atoms with van der Waals surface area (Å²) in [6, 6.07) is 15.6. The van der Waals surface area contributed by atoms with Crippen molar-refractivity contribution in [3.8, 4) is 0 Å². The van der Waals surface area contributed by atoms with E-state index in [0.29, 0.717) is 0 Å². The zero-order valence-corrected chi connectivity index (χ0v) is 23.7. The van der Waals surface area contributed by atoms with Crippen molar-refractivity contribution < 1.29 is 27.6 Å². The van der Waals surface area contributed by atoms with Crippen LogP contribution in [0.5, 0.6) is 0 Å². The summed E-state index contributed by atoms with van der Waals surface area (Å²) in [7, 11) is 6.31. The molecule has 0 unspecified atom stereocenters. The first kappa shape index (κ1) is 28.5. The summed E-state index contributed by atoms with van der Waals surface area (Å²) in [5.74, 6) is -3.01. The van der Waals surface area contributed by atoms with Crippen molar-refractivity contribution >= 4 is 47.8 Å². The number of fused-ring (bicyclic) bond motifs is 2. The van der Waals surface area contributed by atoms with Gasteiger partial charge in [-0.25, -0.2) is 4.58 Å². The standard InChI is InChI=1S/C26H30ClN2Si.C2HF3O2/c1-17-10-8-9-11-19(17)24-20-13-12-18(28(2)3)16-23(20)30(6,7)26-21(24)14-15-22(25(26)27)29(4)5;3-2(4,5)1(6)7/h8-16H,1-7H3;(H,6,7)/q+1;/p-1. The second-order valence-corrected chi connectivity index (χ2v) is 14.6. The summed E-state index contributed by atoms with van der Waals surface area (Å²) in [6.07, 6.45) is -0.737. The minimum absolute atomic E-state index is 0.904. The number of aliphatic carboxylic acids is 1. The lowest BCUT2D eigenvalue weighted by molar-refractivity contribution is -0.462. The molecule has 0 saturated carbocycles. The van der Waals surface area contributed by atoms with E-state index in [1.54, 1.807) is 0 Å². The van der Waals surface area contributed by atoms with Crippen LogP contribution in [0.4, 0.5) is 18.9 Å². The summed E-state index contributed by atoms with van der Waals surface area (Å²) in [4.78, 5) is 11.0. The van der Waals surface area contributed by atoms with E-state index in [1.807, 2.05) is 0 Å². The molecular formula is C28H30ClF3N2O2Si. The summed E-state index contributed by atoms with van der Waals surface area (Å²) in [5, 5.41) is 12.5. The molecule has 1 heterocycles. The van der Waals surface area contributed by atoms with E-state index in [9.17, 15) is 13.2 Å². The van der Waals surface area contributed by atoms with Gasteiger partial charge in [0.2, 0.25) is 5.71 Å². The molecule has 37 heavy (non-hydrogen) atoms. The number of carboxylic acids is 1. The number of rotatable bonds is 2. The smallest absolute Gasteiger partial charge is 0.430 e. The highest BCUT2D eigenvalue weighted by Gasteiger charge is 2.43. The maximum absolute atomic E-state index is 10.5. The molecule has 4 rings (SSSR count). The van der Waals surface area contributed by atoms with Gasteiger partial charge in [0, 0.05) is 25.9 Å². The van der Waals surface area contributed by atoms with Crippen LogP contribution in [0, 0.1) is 6.92 Å². The van der Waals surface area contributed by atoms with Gasteiger partial charge in [-0.2, -0.15) is 13.2 Å². The van der Waals surface area contributed by atoms with Crippen LogP contribution in [0.25, 0.3) is 5.57 Å². The number of carbonyl (C=O) groups is 1. The molecule has 0 N–H and O–H groups in total. The number of benzene rings is 2. The molecule has 1 aliphatic carbocycles. The Morgan fingerprint density at radius 1 is 1.03 bits per heavy atom. The number of nitrogens with zero attached hydrogens (tertiary/aromatic N) is 2. The lowest BCUT2D eigenvalue weighted by Crippen LogP contribution is -2.50. The molecule has 1 aliphatic heterocycles. The van der Waals surface area contributed by atoms with E-state index >= 15 is 0 Å². The predicted molar refractivity (Wildman–Crippen MR) is 145 cm³/mol. The number of carboxylic acid groups (broad SMARTS) is 1. The number of hydrogen-bond donors (Lipinski definition) is 0. The minimum Gasteiger partial charge on any atom is -0.542 e. The van der Waals surface area contributed by atoms with Crippen molar-refractivity contribution in [1.29, 1.82) is 0 Å². The molecule has 9 heteroatoms. The third kappa shape index (κ3) is 5.45. The van der Waals surface area contributed by atoms with Crippen LogP contribution in [0.3, 0.4) is 0 Å². The minimum atomic E-state index is -5.19. The first-order valence-corrected chi connectivity index (χ1v) is 15.0. The van der Waals surface area contributed by atoms with Gasteiger partial charge in [-0.05, 0) is 63.4 Å². The number of hydrogen-bond acceptors (Lipinski definition) is 3. The molecule has 2 aromatic rings. The number of carbonyl (C=O) groups excluding carboxylic acids is 1. The van der Waals surface area contributed by atoms with Crippen molar-refractivity contribution in [3.63, 3.8) is 0 Å². The Morgan fingerprint density at radius 2 is 1.62 bits per heavy atom. The zero-order valence-electron chi connectivity index (χ0n) is 21.9. The summed E-state index contributed by atoms with van der Waals surface area (Å²) in [6.45, 7) is 7.07. The second kappa shape index (κ2) is 10.3. The van der Waals surface area contributed by atoms with E-state index in [1.165, 1.54) is 43.9 Å². The Hall–Kier alpha value is -3.10. The molecule has 0 atom stereocenters. The van der Waals surface area contributed by atoms with Crippen LogP contribution in [-0.2, 0) is 4.79 Å². The van der Waals surface area contributed by atoms with Crippen molar-refractivity contribution in [2.24, 2.45) is 0 Å². The Kier molecular flexibility index (Phi) is 7.95. The molecule has 196 valence electrons. The maximum atomic E-state index is 10.5. The van der Waals surface area contributed by atoms with Crippen molar-refractivity contribution in [2.75, 3.05) is 33.1 Å². The van der Waals surface area contributed by atoms with Gasteiger partial charge in [0.15, 0.2) is 0 Å². The van der Waals surface area contributed by atoms with Gasteiger partial charge < -0.3 is 14.8 Å². The molecule has 0 spiro atoms. The average molecular weight is 547 g/mol. The first-order chi connectivity index (χ1) is 17.1. The normalized spacial score (nSPS) is 16.0. The Balaban J connectivity index is 0.000000479. The Morgan fingerprint density at radius 3 is 2.14 bits per heavy atom. The molecule has 4 nitrogen and oxygen atoms in total. The molecule has 0 aromatic heterocycles. The Bertz CT molecular complexity index is 1380. The molecule has 2 aromatic carbocycles. The second-order valence-electron chi connectivity index (χ2n) is 9.94. The van der Waals surface area contributed by atoms with Gasteiger partial charge in [-0.15, -0.1) is 0 Å². The van der Waals surface area contributed by atoms with Gasteiger partial charge in [0.1, 0.15) is 33.2 Å². The number of allylic oxidation sites excluding steroid dienone is 5. The summed E-state index contributed by atoms with van der Waals surface area (Å²) >= 11 is 7.14. The lowest BCUT2D eigenvalue weighted by atomic mass is 9.87. The Labute approximate surface area is 221 Å². The monoisotopic (exact) mass is 546 g/mol. The lowest BCUT2D eigenvalue weighted by Gasteiger charge is -2.39. The SMILES string of the molecule is Cc1ccccc1C1=C2C=CC(=[N+](C)C)C(Cl)=C2[Si](C)(C)c2cc(N(C)C)ccc21.O=C([O-])C(F)(F)F. The van der Waals surface area contributed by atoms with Crippen molar-refractivity contribution in [2.45, 2.75) is 26.2 Å². The third-order valence-electron chi connectivity index (χ3n) is 6.61. The fourth-order valence-corrected chi connectivity index (χ4v) is 8.96. The van der Waals surface area contributed by atoms with Gasteiger partial charge in [-0.1, -0.05) is 55.0 Å². The van der Waals surface area contributed by atoms with Crippen LogP contribution in [0.2, 0.25) is 13.1 Å². The van der Waals surface area contributed by atoms with Gasteiger partial charge in [0.25, 0.3) is 0 Å². The van der Waals surface area contributed by atoms with Gasteiger partial charge >= 0.3 is 6.18 Å². The number of alkyl halides is 3. The number of halogens is 4. The predicted octanol–water partition coefficient (Wildman–Crippen LogP) is 4.41. The molecule has 0 radical (unpaired) electrons.